The molecule has 3 rings (SSSR count). The minimum absolute atomic E-state index is 0.0484. The zero-order chi connectivity index (χ0) is 16.9. The fraction of sp³-hybridized carbons (Fsp3) is 0. The molecule has 0 atom stereocenters. The van der Waals surface area contributed by atoms with Gasteiger partial charge in [0.25, 0.3) is 11.6 Å². The molecule has 0 spiro atoms. The summed E-state index contributed by atoms with van der Waals surface area (Å²) in [6, 6.07) is 22.6. The topological polar surface area (TPSA) is 72.2 Å². The second-order valence-corrected chi connectivity index (χ2v) is 5.20. The van der Waals surface area contributed by atoms with E-state index in [1.165, 1.54) is 12.1 Å². The average Bonchev–Trinajstić information content (AvgIpc) is 2.63. The van der Waals surface area contributed by atoms with E-state index < -0.39 is 4.92 Å². The number of amides is 1. The van der Waals surface area contributed by atoms with Crippen molar-refractivity contribution < 1.29 is 9.72 Å². The first-order valence-electron chi connectivity index (χ1n) is 7.35. The molecule has 0 fully saturated rings. The monoisotopic (exact) mass is 318 g/mol. The Balaban J connectivity index is 1.81. The molecule has 0 aliphatic heterocycles. The third-order valence-electron chi connectivity index (χ3n) is 3.57. The number of carbonyl (C=O) groups is 1. The highest BCUT2D eigenvalue weighted by Gasteiger charge is 2.08. The number of benzene rings is 3. The Morgan fingerprint density at radius 3 is 2.21 bits per heavy atom. The van der Waals surface area contributed by atoms with Crippen LogP contribution in [0.3, 0.4) is 0 Å². The second kappa shape index (κ2) is 6.75. The first kappa shape index (κ1) is 15.4. The van der Waals surface area contributed by atoms with Gasteiger partial charge in [0.1, 0.15) is 0 Å². The van der Waals surface area contributed by atoms with E-state index in [-0.39, 0.29) is 11.6 Å². The van der Waals surface area contributed by atoms with Gasteiger partial charge in [0.2, 0.25) is 0 Å². The predicted octanol–water partition coefficient (Wildman–Crippen LogP) is 4.51. The maximum Gasteiger partial charge on any atom is 0.269 e. The van der Waals surface area contributed by atoms with Crippen LogP contribution < -0.4 is 5.32 Å². The molecule has 3 aromatic rings. The summed E-state index contributed by atoms with van der Waals surface area (Å²) in [6.07, 6.45) is 0. The number of nitro benzene ring substituents is 1. The van der Waals surface area contributed by atoms with Crippen LogP contribution in [0.1, 0.15) is 10.4 Å². The Bertz CT molecular complexity index is 875. The van der Waals surface area contributed by atoms with Gasteiger partial charge in [-0.15, -0.1) is 0 Å². The Morgan fingerprint density at radius 1 is 0.833 bits per heavy atom. The average molecular weight is 318 g/mol. The highest BCUT2D eigenvalue weighted by atomic mass is 16.6. The Kier molecular flexibility index (Phi) is 4.34. The standard InChI is InChI=1S/C19H14N2O3/c22-19(15-5-2-1-3-6-15)20-17-8-4-7-16(13-17)14-9-11-18(12-10-14)21(23)24/h1-13H,(H,20,22). The van der Waals surface area contributed by atoms with Gasteiger partial charge in [-0.3, -0.25) is 14.9 Å². The summed E-state index contributed by atoms with van der Waals surface area (Å²) < 4.78 is 0. The molecule has 118 valence electrons. The molecule has 3 aromatic carbocycles. The van der Waals surface area contributed by atoms with Crippen molar-refractivity contribution in [2.24, 2.45) is 0 Å². The molecule has 1 amide bonds. The van der Waals surface area contributed by atoms with E-state index >= 15 is 0 Å². The van der Waals surface area contributed by atoms with E-state index in [0.717, 1.165) is 11.1 Å². The molecule has 0 aromatic heterocycles. The molecular weight excluding hydrogens is 304 g/mol. The fourth-order valence-electron chi connectivity index (χ4n) is 2.34. The summed E-state index contributed by atoms with van der Waals surface area (Å²) in [5.41, 5.74) is 3.01. The van der Waals surface area contributed by atoms with Crippen LogP contribution in [-0.4, -0.2) is 10.8 Å². The number of hydrogen-bond acceptors (Lipinski definition) is 3. The smallest absolute Gasteiger partial charge is 0.269 e. The van der Waals surface area contributed by atoms with Gasteiger partial charge < -0.3 is 5.32 Å². The van der Waals surface area contributed by atoms with Gasteiger partial charge in [-0.05, 0) is 47.5 Å². The van der Waals surface area contributed by atoms with Crippen LogP contribution in [0, 0.1) is 10.1 Å². The molecule has 0 bridgehead atoms. The van der Waals surface area contributed by atoms with Crippen molar-refractivity contribution in [2.75, 3.05) is 5.32 Å². The number of nitrogens with zero attached hydrogens (tertiary/aromatic N) is 1. The highest BCUT2D eigenvalue weighted by Crippen LogP contribution is 2.25. The number of rotatable bonds is 4. The summed E-state index contributed by atoms with van der Waals surface area (Å²) in [6.45, 7) is 0. The molecule has 0 unspecified atom stereocenters. The van der Waals surface area contributed by atoms with Gasteiger partial charge in [0.05, 0.1) is 4.92 Å². The number of hydrogen-bond donors (Lipinski definition) is 1. The summed E-state index contributed by atoms with van der Waals surface area (Å²) in [4.78, 5) is 22.5. The van der Waals surface area contributed by atoms with Crippen LogP contribution in [0.2, 0.25) is 0 Å². The Morgan fingerprint density at radius 2 is 1.54 bits per heavy atom. The molecule has 24 heavy (non-hydrogen) atoms. The van der Waals surface area contributed by atoms with Crippen LogP contribution in [0.15, 0.2) is 78.9 Å². The van der Waals surface area contributed by atoms with Crippen molar-refractivity contribution in [3.8, 4) is 11.1 Å². The molecule has 1 N–H and O–H groups in total. The zero-order valence-electron chi connectivity index (χ0n) is 12.7. The van der Waals surface area contributed by atoms with E-state index in [9.17, 15) is 14.9 Å². The van der Waals surface area contributed by atoms with E-state index in [0.29, 0.717) is 11.3 Å². The van der Waals surface area contributed by atoms with E-state index in [2.05, 4.69) is 5.32 Å². The van der Waals surface area contributed by atoms with Gasteiger partial charge in [-0.2, -0.15) is 0 Å². The lowest BCUT2D eigenvalue weighted by Crippen LogP contribution is -2.11. The molecule has 5 heteroatoms. The maximum absolute atomic E-state index is 12.2. The third kappa shape index (κ3) is 3.47. The third-order valence-corrected chi connectivity index (χ3v) is 3.57. The van der Waals surface area contributed by atoms with Gasteiger partial charge in [0, 0.05) is 23.4 Å². The maximum atomic E-state index is 12.2. The van der Waals surface area contributed by atoms with E-state index in [4.69, 9.17) is 0 Å². The van der Waals surface area contributed by atoms with E-state index in [1.54, 1.807) is 30.3 Å². The summed E-state index contributed by atoms with van der Waals surface area (Å²) in [7, 11) is 0. The lowest BCUT2D eigenvalue weighted by Gasteiger charge is -2.08. The molecule has 5 nitrogen and oxygen atoms in total. The number of carbonyl (C=O) groups excluding carboxylic acids is 1. The van der Waals surface area contributed by atoms with E-state index in [1.807, 2.05) is 36.4 Å². The summed E-state index contributed by atoms with van der Waals surface area (Å²) in [5.74, 6) is -0.184. The number of non-ortho nitro benzene ring substituents is 1. The second-order valence-electron chi connectivity index (χ2n) is 5.20. The summed E-state index contributed by atoms with van der Waals surface area (Å²) in [5, 5.41) is 13.6. The van der Waals surface area contributed by atoms with Crippen molar-refractivity contribution in [3.63, 3.8) is 0 Å². The van der Waals surface area contributed by atoms with Crippen molar-refractivity contribution in [1.29, 1.82) is 0 Å². The number of anilines is 1. The normalized spacial score (nSPS) is 10.2. The number of nitrogens with one attached hydrogen (secondary N) is 1. The summed E-state index contributed by atoms with van der Waals surface area (Å²) >= 11 is 0. The van der Waals surface area contributed by atoms with Gasteiger partial charge >= 0.3 is 0 Å². The van der Waals surface area contributed by atoms with Crippen LogP contribution in [0.25, 0.3) is 11.1 Å². The Hall–Kier alpha value is -3.47. The largest absolute Gasteiger partial charge is 0.322 e. The van der Waals surface area contributed by atoms with Crippen molar-refractivity contribution in [2.45, 2.75) is 0 Å². The number of nitro groups is 1. The van der Waals surface area contributed by atoms with Crippen LogP contribution in [-0.2, 0) is 0 Å². The van der Waals surface area contributed by atoms with Crippen molar-refractivity contribution >= 4 is 17.3 Å². The molecule has 0 radical (unpaired) electrons. The van der Waals surface area contributed by atoms with Gasteiger partial charge in [-0.1, -0.05) is 30.3 Å². The molecule has 0 aliphatic carbocycles. The van der Waals surface area contributed by atoms with Crippen LogP contribution in [0.5, 0.6) is 0 Å². The Labute approximate surface area is 138 Å². The minimum atomic E-state index is -0.430. The zero-order valence-corrected chi connectivity index (χ0v) is 12.7. The fourth-order valence-corrected chi connectivity index (χ4v) is 2.34. The molecule has 0 heterocycles. The quantitative estimate of drug-likeness (QED) is 0.568. The predicted molar refractivity (Wildman–Crippen MR) is 92.9 cm³/mol. The van der Waals surface area contributed by atoms with Gasteiger partial charge in [-0.25, -0.2) is 0 Å². The minimum Gasteiger partial charge on any atom is -0.322 e. The highest BCUT2D eigenvalue weighted by molar-refractivity contribution is 6.04. The van der Waals surface area contributed by atoms with Gasteiger partial charge in [0.15, 0.2) is 0 Å². The molecule has 0 saturated heterocycles. The van der Waals surface area contributed by atoms with Crippen molar-refractivity contribution in [1.82, 2.24) is 0 Å². The molecular formula is C19H14N2O3. The first-order valence-corrected chi connectivity index (χ1v) is 7.35. The SMILES string of the molecule is O=C(Nc1cccc(-c2ccc([N+](=O)[O-])cc2)c1)c1ccccc1. The van der Waals surface area contributed by atoms with Crippen molar-refractivity contribution in [3.05, 3.63) is 94.5 Å². The lowest BCUT2D eigenvalue weighted by atomic mass is 10.0. The first-order chi connectivity index (χ1) is 11.6. The lowest BCUT2D eigenvalue weighted by molar-refractivity contribution is -0.384. The van der Waals surface area contributed by atoms with Crippen LogP contribution in [0.4, 0.5) is 11.4 Å². The van der Waals surface area contributed by atoms with Crippen LogP contribution >= 0.6 is 0 Å². The molecule has 0 aliphatic rings. The molecule has 0 saturated carbocycles.